The smallest absolute Gasteiger partial charge is 0.375 e. The van der Waals surface area contributed by atoms with Gasteiger partial charge in [-0.15, -0.1) is 11.3 Å². The Labute approximate surface area is 186 Å². The van der Waals surface area contributed by atoms with Gasteiger partial charge in [0, 0.05) is 22.5 Å². The van der Waals surface area contributed by atoms with E-state index in [2.05, 4.69) is 4.98 Å². The van der Waals surface area contributed by atoms with Crippen LogP contribution in [-0.4, -0.2) is 15.4 Å². The van der Waals surface area contributed by atoms with Gasteiger partial charge >= 0.3 is 5.97 Å². The highest BCUT2D eigenvalue weighted by Crippen LogP contribution is 2.28. The Hall–Kier alpha value is -3.91. The number of furan rings is 1. The maximum absolute atomic E-state index is 12.9. The first kappa shape index (κ1) is 20.0. The molecule has 0 fully saturated rings. The third-order valence-electron chi connectivity index (χ3n) is 4.99. The molecule has 160 valence electrons. The van der Waals surface area contributed by atoms with E-state index in [0.29, 0.717) is 27.6 Å². The minimum absolute atomic E-state index is 0.0758. The predicted molar refractivity (Wildman–Crippen MR) is 120 cm³/mol. The molecule has 3 heterocycles. The molecule has 0 saturated heterocycles. The number of para-hydroxylation sites is 2. The van der Waals surface area contributed by atoms with Crippen molar-refractivity contribution in [1.82, 2.24) is 9.38 Å². The first-order chi connectivity index (χ1) is 15.6. The zero-order valence-electron chi connectivity index (χ0n) is 17.1. The van der Waals surface area contributed by atoms with Gasteiger partial charge in [-0.25, -0.2) is 9.78 Å². The Bertz CT molecular complexity index is 1480. The van der Waals surface area contributed by atoms with E-state index in [0.717, 1.165) is 11.1 Å². The highest BCUT2D eigenvalue weighted by Gasteiger charge is 2.23. The number of thiazole rings is 1. The number of rotatable bonds is 6. The number of carbonyl (C=O) groups is 1. The van der Waals surface area contributed by atoms with E-state index in [1.54, 1.807) is 6.07 Å². The first-order valence-corrected chi connectivity index (χ1v) is 10.8. The Balaban J connectivity index is 1.40. The summed E-state index contributed by atoms with van der Waals surface area (Å²) in [7, 11) is 0. The molecule has 0 bridgehead atoms. The molecule has 0 spiro atoms. The molecule has 0 unspecified atom stereocenters. The number of hydrogen-bond donors (Lipinski definition) is 0. The van der Waals surface area contributed by atoms with E-state index in [1.165, 1.54) is 21.8 Å². The molecule has 3 aromatic heterocycles. The van der Waals surface area contributed by atoms with Gasteiger partial charge in [0.2, 0.25) is 5.76 Å². The standard InChI is InChI=1S/C24H18N2O5S/c1-15-14-32-24-25-16(11-21(27)26(15)24)12-30-23(28)22-19(13-29-17-7-3-2-4-8-17)18-9-5-6-10-20(18)31-22/h2-11,14H,12-13H2,1H3. The lowest BCUT2D eigenvalue weighted by molar-refractivity contribution is 0.0430. The van der Waals surface area contributed by atoms with E-state index in [-0.39, 0.29) is 24.5 Å². The number of benzene rings is 2. The summed E-state index contributed by atoms with van der Waals surface area (Å²) in [6.07, 6.45) is 0. The minimum atomic E-state index is -0.641. The average Bonchev–Trinajstić information content (AvgIpc) is 3.37. The Morgan fingerprint density at radius 3 is 2.72 bits per heavy atom. The van der Waals surface area contributed by atoms with Crippen LogP contribution in [0.25, 0.3) is 15.9 Å². The molecular formula is C24H18N2O5S. The second kappa shape index (κ2) is 8.32. The number of aryl methyl sites for hydroxylation is 1. The van der Waals surface area contributed by atoms with Crippen molar-refractivity contribution in [3.8, 4) is 5.75 Å². The number of aromatic nitrogens is 2. The van der Waals surface area contributed by atoms with Crippen LogP contribution < -0.4 is 10.3 Å². The van der Waals surface area contributed by atoms with Gasteiger partial charge in [0.15, 0.2) is 4.96 Å². The fourth-order valence-corrected chi connectivity index (χ4v) is 4.35. The lowest BCUT2D eigenvalue weighted by atomic mass is 10.1. The average molecular weight is 446 g/mol. The van der Waals surface area contributed by atoms with Crippen molar-refractivity contribution in [3.63, 3.8) is 0 Å². The van der Waals surface area contributed by atoms with Crippen LogP contribution in [-0.2, 0) is 18.0 Å². The molecule has 32 heavy (non-hydrogen) atoms. The van der Waals surface area contributed by atoms with Crippen molar-refractivity contribution in [2.75, 3.05) is 0 Å². The Morgan fingerprint density at radius 2 is 1.88 bits per heavy atom. The Morgan fingerprint density at radius 1 is 1.09 bits per heavy atom. The van der Waals surface area contributed by atoms with Gasteiger partial charge in [-0.2, -0.15) is 0 Å². The summed E-state index contributed by atoms with van der Waals surface area (Å²) in [5.41, 5.74) is 2.16. The third kappa shape index (κ3) is 3.76. The van der Waals surface area contributed by atoms with Crippen molar-refractivity contribution in [1.29, 1.82) is 0 Å². The second-order valence-corrected chi connectivity index (χ2v) is 8.00. The predicted octanol–water partition coefficient (Wildman–Crippen LogP) is 4.75. The Kier molecular flexibility index (Phi) is 5.20. The topological polar surface area (TPSA) is 83.0 Å². The fraction of sp³-hybridized carbons (Fsp3) is 0.125. The fourth-order valence-electron chi connectivity index (χ4n) is 3.46. The molecule has 7 nitrogen and oxygen atoms in total. The van der Waals surface area contributed by atoms with Crippen LogP contribution in [0.3, 0.4) is 0 Å². The molecular weight excluding hydrogens is 428 g/mol. The summed E-state index contributed by atoms with van der Waals surface area (Å²) < 4.78 is 18.6. The number of ether oxygens (including phenoxy) is 2. The van der Waals surface area contributed by atoms with Gasteiger partial charge in [-0.05, 0) is 25.1 Å². The van der Waals surface area contributed by atoms with Crippen LogP contribution in [0.15, 0.2) is 75.3 Å². The quantitative estimate of drug-likeness (QED) is 0.350. The highest BCUT2D eigenvalue weighted by molar-refractivity contribution is 7.15. The van der Waals surface area contributed by atoms with Crippen LogP contribution in [0.4, 0.5) is 0 Å². The zero-order chi connectivity index (χ0) is 22.1. The summed E-state index contributed by atoms with van der Waals surface area (Å²) in [6.45, 7) is 1.84. The summed E-state index contributed by atoms with van der Waals surface area (Å²) >= 11 is 1.36. The van der Waals surface area contributed by atoms with E-state index < -0.39 is 5.97 Å². The maximum atomic E-state index is 12.9. The van der Waals surface area contributed by atoms with E-state index in [9.17, 15) is 9.59 Å². The molecule has 5 rings (SSSR count). The first-order valence-electron chi connectivity index (χ1n) is 9.92. The van der Waals surface area contributed by atoms with Crippen LogP contribution in [0.2, 0.25) is 0 Å². The van der Waals surface area contributed by atoms with Crippen molar-refractivity contribution in [3.05, 3.63) is 99.1 Å². The van der Waals surface area contributed by atoms with Crippen LogP contribution in [0.1, 0.15) is 27.5 Å². The molecule has 0 aliphatic heterocycles. The largest absolute Gasteiger partial charge is 0.489 e. The summed E-state index contributed by atoms with van der Waals surface area (Å²) in [5, 5.41) is 2.63. The van der Waals surface area contributed by atoms with Gasteiger partial charge in [-0.1, -0.05) is 36.4 Å². The van der Waals surface area contributed by atoms with Crippen LogP contribution >= 0.6 is 11.3 Å². The van der Waals surface area contributed by atoms with E-state index >= 15 is 0 Å². The van der Waals surface area contributed by atoms with E-state index in [1.807, 2.05) is 60.8 Å². The minimum Gasteiger partial charge on any atom is -0.489 e. The van der Waals surface area contributed by atoms with Crippen LogP contribution in [0, 0.1) is 6.92 Å². The molecule has 0 amide bonds. The molecule has 0 radical (unpaired) electrons. The highest BCUT2D eigenvalue weighted by atomic mass is 32.1. The lowest BCUT2D eigenvalue weighted by Gasteiger charge is -2.07. The summed E-state index contributed by atoms with van der Waals surface area (Å²) in [6, 6.07) is 18.1. The van der Waals surface area contributed by atoms with Crippen LogP contribution in [0.5, 0.6) is 5.75 Å². The van der Waals surface area contributed by atoms with Crippen molar-refractivity contribution in [2.24, 2.45) is 0 Å². The number of esters is 1. The SMILES string of the molecule is Cc1csc2nc(COC(=O)c3oc4ccccc4c3COc3ccccc3)cc(=O)n12. The third-order valence-corrected chi connectivity index (χ3v) is 5.93. The maximum Gasteiger partial charge on any atom is 0.375 e. The van der Waals surface area contributed by atoms with E-state index in [4.69, 9.17) is 13.9 Å². The van der Waals surface area contributed by atoms with Gasteiger partial charge in [0.05, 0.1) is 11.3 Å². The van der Waals surface area contributed by atoms with Gasteiger partial charge < -0.3 is 13.9 Å². The molecule has 0 atom stereocenters. The molecule has 0 N–H and O–H groups in total. The number of nitrogens with zero attached hydrogens (tertiary/aromatic N) is 2. The molecule has 5 aromatic rings. The van der Waals surface area contributed by atoms with Gasteiger partial charge in [0.25, 0.3) is 5.56 Å². The zero-order valence-corrected chi connectivity index (χ0v) is 17.9. The molecule has 0 saturated carbocycles. The number of carbonyl (C=O) groups excluding carboxylic acids is 1. The molecule has 0 aliphatic rings. The molecule has 8 heteroatoms. The second-order valence-electron chi connectivity index (χ2n) is 7.16. The van der Waals surface area contributed by atoms with Crippen molar-refractivity contribution >= 4 is 33.2 Å². The lowest BCUT2D eigenvalue weighted by Crippen LogP contribution is -2.16. The van der Waals surface area contributed by atoms with Crippen molar-refractivity contribution < 1.29 is 18.7 Å². The van der Waals surface area contributed by atoms with Gasteiger partial charge in [0.1, 0.15) is 24.5 Å². The molecule has 2 aromatic carbocycles. The number of fused-ring (bicyclic) bond motifs is 2. The number of hydrogen-bond acceptors (Lipinski definition) is 7. The normalized spacial score (nSPS) is 11.2. The summed E-state index contributed by atoms with van der Waals surface area (Å²) in [4.78, 5) is 30.2. The summed E-state index contributed by atoms with van der Waals surface area (Å²) in [5.74, 6) is 0.116. The van der Waals surface area contributed by atoms with Crippen molar-refractivity contribution in [2.45, 2.75) is 20.1 Å². The molecule has 0 aliphatic carbocycles. The monoisotopic (exact) mass is 446 g/mol. The van der Waals surface area contributed by atoms with Gasteiger partial charge in [-0.3, -0.25) is 9.20 Å².